The van der Waals surface area contributed by atoms with Gasteiger partial charge in [0.15, 0.2) is 11.6 Å². The maximum absolute atomic E-state index is 13.3. The van der Waals surface area contributed by atoms with Gasteiger partial charge in [-0.3, -0.25) is 4.79 Å². The zero-order chi connectivity index (χ0) is 15.1. The van der Waals surface area contributed by atoms with Gasteiger partial charge in [0.2, 0.25) is 0 Å². The predicted octanol–water partition coefficient (Wildman–Crippen LogP) is 3.49. The van der Waals surface area contributed by atoms with Crippen molar-refractivity contribution in [2.75, 3.05) is 0 Å². The van der Waals surface area contributed by atoms with Crippen molar-refractivity contribution < 1.29 is 8.78 Å². The molecule has 0 atom stereocenters. The lowest BCUT2D eigenvalue weighted by molar-refractivity contribution is 0.510. The Kier molecular flexibility index (Phi) is 3.05. The van der Waals surface area contributed by atoms with E-state index in [1.807, 2.05) is 32.0 Å². The minimum Gasteiger partial charge on any atom is -0.306 e. The molecular weight excluding hydrogens is 274 g/mol. The number of nitrogens with zero attached hydrogens (tertiary/aromatic N) is 1. The number of nitrogens with one attached hydrogen (secondary N) is 1. The summed E-state index contributed by atoms with van der Waals surface area (Å²) < 4.78 is 26.5. The third-order valence-electron chi connectivity index (χ3n) is 3.38. The number of halogens is 2. The van der Waals surface area contributed by atoms with E-state index in [0.717, 1.165) is 28.8 Å². The Balaban J connectivity index is 2.30. The first-order valence-corrected chi connectivity index (χ1v) is 6.42. The third-order valence-corrected chi connectivity index (χ3v) is 3.38. The smallest absolute Gasteiger partial charge is 0.259 e. The molecule has 21 heavy (non-hydrogen) atoms. The summed E-state index contributed by atoms with van der Waals surface area (Å²) in [6.07, 6.45) is 0. The number of aryl methyl sites for hydroxylation is 2. The van der Waals surface area contributed by atoms with E-state index in [0.29, 0.717) is 5.82 Å². The molecular formula is C16H12F2N2O. The molecule has 0 unspecified atom stereocenters. The number of aromatic nitrogens is 2. The highest BCUT2D eigenvalue weighted by atomic mass is 19.2. The highest BCUT2D eigenvalue weighted by Crippen LogP contribution is 2.22. The van der Waals surface area contributed by atoms with Crippen LogP contribution in [0.3, 0.4) is 0 Å². The van der Waals surface area contributed by atoms with Gasteiger partial charge in [-0.05, 0) is 25.5 Å². The SMILES string of the molecule is Cc1ccc(-c2nc3cc(F)c(F)cc3c(=O)[nH]2)c(C)c1. The molecule has 3 nitrogen and oxygen atoms in total. The van der Waals surface area contributed by atoms with Gasteiger partial charge >= 0.3 is 0 Å². The molecule has 1 heterocycles. The van der Waals surface area contributed by atoms with Crippen molar-refractivity contribution in [3.8, 4) is 11.4 Å². The van der Waals surface area contributed by atoms with Crippen LogP contribution in [0.15, 0.2) is 35.1 Å². The van der Waals surface area contributed by atoms with Gasteiger partial charge in [0.1, 0.15) is 5.82 Å². The van der Waals surface area contributed by atoms with Crippen LogP contribution in [0, 0.1) is 25.5 Å². The Morgan fingerprint density at radius 3 is 2.48 bits per heavy atom. The van der Waals surface area contributed by atoms with Crippen molar-refractivity contribution in [2.24, 2.45) is 0 Å². The lowest BCUT2D eigenvalue weighted by Gasteiger charge is -2.07. The fraction of sp³-hybridized carbons (Fsp3) is 0.125. The van der Waals surface area contributed by atoms with Gasteiger partial charge in [-0.25, -0.2) is 13.8 Å². The molecule has 0 saturated heterocycles. The molecule has 2 aromatic carbocycles. The molecule has 0 aliphatic rings. The Bertz CT molecular complexity index is 916. The second-order valence-corrected chi connectivity index (χ2v) is 5.02. The molecule has 0 spiro atoms. The van der Waals surface area contributed by atoms with Crippen molar-refractivity contribution in [3.05, 3.63) is 63.4 Å². The molecule has 3 aromatic rings. The summed E-state index contributed by atoms with van der Waals surface area (Å²) in [5.41, 5.74) is 2.43. The number of hydrogen-bond acceptors (Lipinski definition) is 2. The number of hydrogen-bond donors (Lipinski definition) is 1. The summed E-state index contributed by atoms with van der Waals surface area (Å²) in [5, 5.41) is 0.0300. The topological polar surface area (TPSA) is 45.8 Å². The number of fused-ring (bicyclic) bond motifs is 1. The van der Waals surface area contributed by atoms with Gasteiger partial charge in [-0.2, -0.15) is 0 Å². The molecule has 0 aliphatic carbocycles. The van der Waals surface area contributed by atoms with E-state index in [1.54, 1.807) is 0 Å². The largest absolute Gasteiger partial charge is 0.306 e. The van der Waals surface area contributed by atoms with E-state index < -0.39 is 17.2 Å². The number of rotatable bonds is 1. The minimum atomic E-state index is -1.06. The van der Waals surface area contributed by atoms with Crippen LogP contribution in [0.1, 0.15) is 11.1 Å². The summed E-state index contributed by atoms with van der Waals surface area (Å²) in [7, 11) is 0. The molecule has 0 amide bonds. The number of benzene rings is 2. The van der Waals surface area contributed by atoms with Gasteiger partial charge < -0.3 is 4.98 Å². The normalized spacial score (nSPS) is 11.0. The quantitative estimate of drug-likeness (QED) is 0.744. The molecule has 0 radical (unpaired) electrons. The van der Waals surface area contributed by atoms with Crippen LogP contribution < -0.4 is 5.56 Å². The van der Waals surface area contributed by atoms with Crippen molar-refractivity contribution >= 4 is 10.9 Å². The van der Waals surface area contributed by atoms with Crippen LogP contribution in [-0.4, -0.2) is 9.97 Å². The summed E-state index contributed by atoms with van der Waals surface area (Å²) >= 11 is 0. The number of aromatic amines is 1. The zero-order valence-electron chi connectivity index (χ0n) is 11.5. The molecule has 0 bridgehead atoms. The lowest BCUT2D eigenvalue weighted by atomic mass is 10.1. The van der Waals surface area contributed by atoms with Crippen molar-refractivity contribution in [1.29, 1.82) is 0 Å². The van der Waals surface area contributed by atoms with E-state index in [4.69, 9.17) is 0 Å². The first kappa shape index (κ1) is 13.4. The maximum Gasteiger partial charge on any atom is 0.259 e. The highest BCUT2D eigenvalue weighted by Gasteiger charge is 2.11. The van der Waals surface area contributed by atoms with Crippen molar-refractivity contribution in [3.63, 3.8) is 0 Å². The van der Waals surface area contributed by atoms with E-state index in [-0.39, 0.29) is 10.9 Å². The second kappa shape index (κ2) is 4.77. The van der Waals surface area contributed by atoms with Crippen LogP contribution in [0.25, 0.3) is 22.3 Å². The molecule has 0 saturated carbocycles. The third kappa shape index (κ3) is 2.31. The first-order valence-electron chi connectivity index (χ1n) is 6.42. The summed E-state index contributed by atoms with van der Waals surface area (Å²) in [6, 6.07) is 7.51. The van der Waals surface area contributed by atoms with E-state index in [2.05, 4.69) is 9.97 Å². The average molecular weight is 286 g/mol. The Hall–Kier alpha value is -2.56. The molecule has 106 valence electrons. The predicted molar refractivity (Wildman–Crippen MR) is 77.2 cm³/mol. The molecule has 3 rings (SSSR count). The van der Waals surface area contributed by atoms with Crippen molar-refractivity contribution in [2.45, 2.75) is 13.8 Å². The van der Waals surface area contributed by atoms with Gasteiger partial charge in [-0.15, -0.1) is 0 Å². The van der Waals surface area contributed by atoms with Crippen LogP contribution in [0.4, 0.5) is 8.78 Å². The monoisotopic (exact) mass is 286 g/mol. The summed E-state index contributed by atoms with van der Waals surface area (Å²) in [6.45, 7) is 3.86. The number of H-pyrrole nitrogens is 1. The fourth-order valence-electron chi connectivity index (χ4n) is 2.34. The fourth-order valence-corrected chi connectivity index (χ4v) is 2.34. The Labute approximate surface area is 119 Å². The molecule has 1 N–H and O–H groups in total. The standard InChI is InChI=1S/C16H12F2N2O/c1-8-3-4-10(9(2)5-8)15-19-14-7-13(18)12(17)6-11(14)16(21)20-15/h3-7H,1-2H3,(H,19,20,21). The summed E-state index contributed by atoms with van der Waals surface area (Å²) in [5.74, 6) is -1.74. The lowest BCUT2D eigenvalue weighted by Crippen LogP contribution is -2.10. The highest BCUT2D eigenvalue weighted by molar-refractivity contribution is 5.80. The van der Waals surface area contributed by atoms with Crippen LogP contribution >= 0.6 is 0 Å². The second-order valence-electron chi connectivity index (χ2n) is 5.02. The van der Waals surface area contributed by atoms with Gasteiger partial charge in [0.05, 0.1) is 10.9 Å². The average Bonchev–Trinajstić information content (AvgIpc) is 2.41. The minimum absolute atomic E-state index is 0.0300. The Morgan fingerprint density at radius 1 is 1.05 bits per heavy atom. The van der Waals surface area contributed by atoms with Gasteiger partial charge in [-0.1, -0.05) is 23.8 Å². The molecule has 0 fully saturated rings. The van der Waals surface area contributed by atoms with E-state index in [1.165, 1.54) is 0 Å². The first-order chi connectivity index (χ1) is 9.95. The van der Waals surface area contributed by atoms with Gasteiger partial charge in [0.25, 0.3) is 5.56 Å². The molecule has 0 aliphatic heterocycles. The maximum atomic E-state index is 13.3. The van der Waals surface area contributed by atoms with Gasteiger partial charge in [0, 0.05) is 11.6 Å². The van der Waals surface area contributed by atoms with Crippen LogP contribution in [-0.2, 0) is 0 Å². The zero-order valence-corrected chi connectivity index (χ0v) is 11.5. The molecule has 1 aromatic heterocycles. The van der Waals surface area contributed by atoms with Crippen LogP contribution in [0.5, 0.6) is 0 Å². The van der Waals surface area contributed by atoms with E-state index in [9.17, 15) is 13.6 Å². The van der Waals surface area contributed by atoms with Crippen molar-refractivity contribution in [1.82, 2.24) is 9.97 Å². The molecule has 5 heteroatoms. The van der Waals surface area contributed by atoms with Crippen LogP contribution in [0.2, 0.25) is 0 Å². The summed E-state index contributed by atoms with van der Waals surface area (Å²) in [4.78, 5) is 18.9. The van der Waals surface area contributed by atoms with E-state index >= 15 is 0 Å². The Morgan fingerprint density at radius 2 is 1.76 bits per heavy atom.